The van der Waals surface area contributed by atoms with E-state index in [9.17, 15) is 14.4 Å². The minimum absolute atomic E-state index is 0.0671. The normalized spacial score (nSPS) is 14.3. The molecule has 0 fully saturated rings. The van der Waals surface area contributed by atoms with Gasteiger partial charge in [-0.3, -0.25) is 19.3 Å². The highest BCUT2D eigenvalue weighted by molar-refractivity contribution is 6.19. The van der Waals surface area contributed by atoms with Crippen LogP contribution in [0.4, 0.5) is 0 Å². The van der Waals surface area contributed by atoms with Gasteiger partial charge < -0.3 is 9.88 Å². The van der Waals surface area contributed by atoms with Gasteiger partial charge in [0.25, 0.3) is 11.8 Å². The van der Waals surface area contributed by atoms with E-state index in [0.717, 1.165) is 21.8 Å². The molecule has 9 heteroatoms. The van der Waals surface area contributed by atoms with Gasteiger partial charge in [0.05, 0.1) is 17.1 Å². The standard InChI is InChI=1S/C20H20N6O3/c1-12(18-24-13-6-3-4-7-14(13)25(18)2)23-15(27)8-5-11-26-19(28)16-17(20(26)29)22-10-9-21-16/h3-4,6-7,9-10,12H,5,8,11H2,1-2H3,(H,23,27)/t12-/m0/s1. The zero-order chi connectivity index (χ0) is 20.5. The van der Waals surface area contributed by atoms with Gasteiger partial charge in [-0.05, 0) is 25.5 Å². The molecule has 0 spiro atoms. The van der Waals surface area contributed by atoms with Crippen molar-refractivity contribution in [1.82, 2.24) is 29.7 Å². The average molecular weight is 392 g/mol. The Bertz CT molecular complexity index is 1090. The number of amides is 3. The number of imidazole rings is 1. The number of hydrogen-bond donors (Lipinski definition) is 1. The van der Waals surface area contributed by atoms with E-state index in [2.05, 4.69) is 20.3 Å². The summed E-state index contributed by atoms with van der Waals surface area (Å²) in [5.74, 6) is -0.340. The fraction of sp³-hybridized carbons (Fsp3) is 0.300. The minimum atomic E-state index is -0.466. The van der Waals surface area contributed by atoms with Crippen molar-refractivity contribution in [2.75, 3.05) is 6.54 Å². The molecule has 0 aliphatic carbocycles. The number of hydrogen-bond acceptors (Lipinski definition) is 6. The first-order valence-corrected chi connectivity index (χ1v) is 9.35. The number of nitrogens with one attached hydrogen (secondary N) is 1. The summed E-state index contributed by atoms with van der Waals surface area (Å²) in [5.41, 5.74) is 2.00. The lowest BCUT2D eigenvalue weighted by molar-refractivity contribution is -0.121. The second kappa shape index (κ2) is 7.42. The van der Waals surface area contributed by atoms with Crippen LogP contribution in [0, 0.1) is 0 Å². The predicted octanol–water partition coefficient (Wildman–Crippen LogP) is 1.62. The molecule has 148 valence electrons. The van der Waals surface area contributed by atoms with Crippen LogP contribution in [-0.4, -0.2) is 48.7 Å². The molecular weight excluding hydrogens is 372 g/mol. The molecular formula is C20H20N6O3. The van der Waals surface area contributed by atoms with Crippen molar-refractivity contribution in [3.63, 3.8) is 0 Å². The molecule has 0 saturated heterocycles. The van der Waals surface area contributed by atoms with Crippen molar-refractivity contribution in [1.29, 1.82) is 0 Å². The highest BCUT2D eigenvalue weighted by Gasteiger charge is 2.37. The van der Waals surface area contributed by atoms with Gasteiger partial charge in [-0.1, -0.05) is 12.1 Å². The summed E-state index contributed by atoms with van der Waals surface area (Å²) < 4.78 is 1.96. The topological polar surface area (TPSA) is 110 Å². The zero-order valence-electron chi connectivity index (χ0n) is 16.1. The van der Waals surface area contributed by atoms with Crippen LogP contribution in [-0.2, 0) is 11.8 Å². The number of carbonyl (C=O) groups excluding carboxylic acids is 3. The first kappa shape index (κ1) is 18.7. The van der Waals surface area contributed by atoms with Crippen molar-refractivity contribution in [3.05, 3.63) is 53.9 Å². The number of benzene rings is 1. The Morgan fingerprint density at radius 1 is 1.10 bits per heavy atom. The smallest absolute Gasteiger partial charge is 0.281 e. The minimum Gasteiger partial charge on any atom is -0.346 e. The van der Waals surface area contributed by atoms with Gasteiger partial charge in [-0.2, -0.15) is 0 Å². The van der Waals surface area contributed by atoms with Crippen LogP contribution in [0.1, 0.15) is 52.6 Å². The van der Waals surface area contributed by atoms with Crippen LogP contribution in [0.15, 0.2) is 36.7 Å². The highest BCUT2D eigenvalue weighted by atomic mass is 16.2. The van der Waals surface area contributed by atoms with Gasteiger partial charge in [-0.15, -0.1) is 0 Å². The molecule has 1 N–H and O–H groups in total. The predicted molar refractivity (Wildman–Crippen MR) is 104 cm³/mol. The lowest BCUT2D eigenvalue weighted by Gasteiger charge is -2.15. The molecule has 1 atom stereocenters. The van der Waals surface area contributed by atoms with Crippen molar-refractivity contribution in [3.8, 4) is 0 Å². The number of carbonyl (C=O) groups is 3. The summed E-state index contributed by atoms with van der Waals surface area (Å²) in [7, 11) is 1.91. The third kappa shape index (κ3) is 3.35. The number of aromatic nitrogens is 4. The van der Waals surface area contributed by atoms with E-state index in [-0.39, 0.29) is 36.3 Å². The third-order valence-corrected chi connectivity index (χ3v) is 4.97. The van der Waals surface area contributed by atoms with Crippen LogP contribution in [0.2, 0.25) is 0 Å². The van der Waals surface area contributed by atoms with Gasteiger partial charge in [0.2, 0.25) is 5.91 Å². The SMILES string of the molecule is C[C@H](NC(=O)CCCN1C(=O)c2nccnc2C1=O)c1nc2ccccc2n1C. The molecule has 3 aromatic rings. The van der Waals surface area contributed by atoms with E-state index in [1.165, 1.54) is 12.4 Å². The van der Waals surface area contributed by atoms with Crippen molar-refractivity contribution >= 4 is 28.8 Å². The van der Waals surface area contributed by atoms with Crippen LogP contribution in [0.3, 0.4) is 0 Å². The van der Waals surface area contributed by atoms with Crippen LogP contribution in [0.25, 0.3) is 11.0 Å². The average Bonchev–Trinajstić information content (AvgIpc) is 3.18. The molecule has 0 radical (unpaired) electrons. The van der Waals surface area contributed by atoms with Crippen molar-refractivity contribution in [2.45, 2.75) is 25.8 Å². The molecule has 29 heavy (non-hydrogen) atoms. The van der Waals surface area contributed by atoms with Crippen LogP contribution < -0.4 is 5.32 Å². The summed E-state index contributed by atoms with van der Waals surface area (Å²) >= 11 is 0. The summed E-state index contributed by atoms with van der Waals surface area (Å²) in [6.07, 6.45) is 3.29. The maximum Gasteiger partial charge on any atom is 0.281 e. The molecule has 0 saturated carbocycles. The maximum atomic E-state index is 12.3. The lowest BCUT2D eigenvalue weighted by atomic mass is 10.2. The molecule has 4 rings (SSSR count). The number of nitrogens with zero attached hydrogens (tertiary/aromatic N) is 5. The molecule has 0 bridgehead atoms. The third-order valence-electron chi connectivity index (χ3n) is 4.97. The van der Waals surface area contributed by atoms with Gasteiger partial charge in [0, 0.05) is 32.4 Å². The van der Waals surface area contributed by atoms with E-state index in [1.54, 1.807) is 0 Å². The first-order chi connectivity index (χ1) is 14.0. The zero-order valence-corrected chi connectivity index (χ0v) is 16.1. The fourth-order valence-corrected chi connectivity index (χ4v) is 3.53. The van der Waals surface area contributed by atoms with E-state index < -0.39 is 11.8 Å². The summed E-state index contributed by atoms with van der Waals surface area (Å²) in [6.45, 7) is 2.02. The van der Waals surface area contributed by atoms with Crippen LogP contribution in [0.5, 0.6) is 0 Å². The Morgan fingerprint density at radius 2 is 1.76 bits per heavy atom. The fourth-order valence-electron chi connectivity index (χ4n) is 3.53. The molecule has 1 aromatic carbocycles. The highest BCUT2D eigenvalue weighted by Crippen LogP contribution is 2.20. The Balaban J connectivity index is 1.33. The summed E-state index contributed by atoms with van der Waals surface area (Å²) in [5, 5.41) is 2.93. The maximum absolute atomic E-state index is 12.3. The summed E-state index contributed by atoms with van der Waals surface area (Å²) in [6, 6.07) is 7.51. The number of fused-ring (bicyclic) bond motifs is 2. The number of rotatable bonds is 6. The first-order valence-electron chi connectivity index (χ1n) is 9.35. The Kier molecular flexibility index (Phi) is 4.79. The summed E-state index contributed by atoms with van der Waals surface area (Å²) in [4.78, 5) is 50.4. The number of para-hydroxylation sites is 2. The number of imide groups is 1. The van der Waals surface area contributed by atoms with Gasteiger partial charge in [0.1, 0.15) is 5.82 Å². The Hall–Kier alpha value is -3.62. The molecule has 1 aliphatic heterocycles. The molecule has 3 heterocycles. The van der Waals surface area contributed by atoms with Gasteiger partial charge in [0.15, 0.2) is 11.4 Å². The van der Waals surface area contributed by atoms with Crippen LogP contribution >= 0.6 is 0 Å². The molecule has 3 amide bonds. The second-order valence-electron chi connectivity index (χ2n) is 6.93. The Labute approximate surface area is 166 Å². The monoisotopic (exact) mass is 392 g/mol. The molecule has 0 unspecified atom stereocenters. The molecule has 1 aliphatic rings. The largest absolute Gasteiger partial charge is 0.346 e. The van der Waals surface area contributed by atoms with Crippen molar-refractivity contribution < 1.29 is 14.4 Å². The second-order valence-corrected chi connectivity index (χ2v) is 6.93. The van der Waals surface area contributed by atoms with Gasteiger partial charge in [-0.25, -0.2) is 15.0 Å². The van der Waals surface area contributed by atoms with E-state index in [4.69, 9.17) is 0 Å². The van der Waals surface area contributed by atoms with Crippen molar-refractivity contribution in [2.24, 2.45) is 7.05 Å². The lowest BCUT2D eigenvalue weighted by Crippen LogP contribution is -2.33. The molecule has 9 nitrogen and oxygen atoms in total. The van der Waals surface area contributed by atoms with E-state index in [1.807, 2.05) is 42.8 Å². The number of aryl methyl sites for hydroxylation is 1. The molecule has 2 aromatic heterocycles. The Morgan fingerprint density at radius 3 is 2.41 bits per heavy atom. The van der Waals surface area contributed by atoms with E-state index >= 15 is 0 Å². The quantitative estimate of drug-likeness (QED) is 0.638. The van der Waals surface area contributed by atoms with E-state index in [0.29, 0.717) is 6.42 Å². The van der Waals surface area contributed by atoms with Gasteiger partial charge >= 0.3 is 0 Å².